The number of carboxylic acids is 1. The van der Waals surface area contributed by atoms with E-state index in [1.54, 1.807) is 14.2 Å². The lowest BCUT2D eigenvalue weighted by atomic mass is 9.47. The number of aliphatic carboxylic acids is 1. The van der Waals surface area contributed by atoms with Crippen molar-refractivity contribution in [2.75, 3.05) is 136 Å². The summed E-state index contributed by atoms with van der Waals surface area (Å²) in [6.45, 7) is 13.5. The zero-order chi connectivity index (χ0) is 73.0. The summed E-state index contributed by atoms with van der Waals surface area (Å²) < 4.78 is 33.1. The summed E-state index contributed by atoms with van der Waals surface area (Å²) in [6.07, 6.45) is 3.73. The monoisotopic (exact) mass is 1450 g/mol. The van der Waals surface area contributed by atoms with E-state index >= 15 is 4.79 Å². The average Bonchev–Trinajstić information content (AvgIpc) is 1.50. The summed E-state index contributed by atoms with van der Waals surface area (Å²) in [5.74, 6) is -6.97. The number of methoxy groups -OCH3 is 2. The van der Waals surface area contributed by atoms with Crippen molar-refractivity contribution in [3.05, 3.63) is 70.9 Å². The van der Waals surface area contributed by atoms with Gasteiger partial charge in [0.1, 0.15) is 24.5 Å². The zero-order valence-electron chi connectivity index (χ0n) is 59.4. The molecule has 1 aliphatic carbocycles. The van der Waals surface area contributed by atoms with E-state index in [0.29, 0.717) is 83.9 Å². The van der Waals surface area contributed by atoms with Crippen LogP contribution in [-0.4, -0.2) is 255 Å². The molecule has 3 aromatic rings. The number of aliphatic hydroxyl groups excluding tert-OH is 1. The smallest absolute Gasteiger partial charge is 0.426 e. The third kappa shape index (κ3) is 16.9. The first-order valence-electron chi connectivity index (χ1n) is 35.1. The number of hydrazine groups is 1. The van der Waals surface area contributed by atoms with E-state index in [1.807, 2.05) is 43.2 Å². The van der Waals surface area contributed by atoms with Gasteiger partial charge in [0.25, 0.3) is 5.91 Å². The molecule has 9 rings (SSSR count). The number of carboxylic acid groups (broad SMARTS) is 1. The van der Waals surface area contributed by atoms with Gasteiger partial charge in [0.15, 0.2) is 17.2 Å². The molecular weight excluding hydrogens is 1340 g/mol. The first-order valence-corrected chi connectivity index (χ1v) is 37.6. The number of hydrogen-bond donors (Lipinski definition) is 11. The molecule has 28 nitrogen and oxygen atoms in total. The van der Waals surface area contributed by atoms with Crippen molar-refractivity contribution in [1.82, 2.24) is 41.6 Å². The van der Waals surface area contributed by atoms with Crippen LogP contribution in [0.15, 0.2) is 48.6 Å². The lowest BCUT2D eigenvalue weighted by Crippen LogP contribution is -2.82. The number of carbonyl (C=O) groups is 8. The predicted molar refractivity (Wildman–Crippen MR) is 380 cm³/mol. The van der Waals surface area contributed by atoms with Crippen molar-refractivity contribution in [3.63, 3.8) is 0 Å². The highest BCUT2D eigenvalue weighted by Gasteiger charge is 2.79. The lowest BCUT2D eigenvalue weighted by molar-refractivity contribution is -0.204. The van der Waals surface area contributed by atoms with Crippen LogP contribution in [0.4, 0.5) is 10.5 Å². The number of fused-ring (bicyclic) bond motifs is 6. The standard InChI is InChI=1S/C71H104N10O18S2/c1-9-68(92)37-45-36-67(5,59-48(16-21-80(40-45)42-68)47-14-11-12-15-51(47)75-59)50-34-49-54(35-57(50)95-8)79(6)63-70(49)19-22-81-20-13-18-69(10-2,62(70)81)64(89)71(63,93)65(90)77-78-66(91)99-30-31-100-101-41-46(61(87)88)33-56(84)53(76-60(86)43(3)32-55(83)52(38-72)74-44(4)82)39-73-58(85)17-23-96-26-27-98-29-28-97-25-24-94-7/h11-15,18,34-35,43,45-46,52-53,62-64,75,89,92-93H,9-10,16-17,19-33,36-42,72H2,1-8H3,(H,73,85)(H,74,82)(H,76,86)(H,77,90)(H,78,91)(H,87,88)/t43-,45?,46?,52+,53+,62+,63-,64-,67-,68+,69-,70-,71+/m1/s1. The molecule has 3 fully saturated rings. The summed E-state index contributed by atoms with van der Waals surface area (Å²) >= 11 is 0. The van der Waals surface area contributed by atoms with E-state index in [1.165, 1.54) is 19.4 Å². The second-order valence-electron chi connectivity index (χ2n) is 28.1. The Morgan fingerprint density at radius 1 is 0.842 bits per heavy atom. The number of Topliss-reactive ketones (excluding diaryl/α,β-unsaturated/α-hetero) is 2. The molecule has 6 aliphatic rings. The van der Waals surface area contributed by atoms with Crippen LogP contribution in [0.2, 0.25) is 0 Å². The molecule has 3 unspecified atom stereocenters. The molecule has 14 atom stereocenters. The Labute approximate surface area is 598 Å². The fraction of sp³-hybridized carbons (Fsp3) is 0.662. The first-order chi connectivity index (χ1) is 48.3. The molecule has 30 heteroatoms. The molecule has 101 heavy (non-hydrogen) atoms. The van der Waals surface area contributed by atoms with Crippen LogP contribution in [0.5, 0.6) is 5.75 Å². The number of aromatic nitrogens is 1. The molecule has 2 bridgehead atoms. The van der Waals surface area contributed by atoms with Gasteiger partial charge in [0.2, 0.25) is 17.7 Å². The van der Waals surface area contributed by atoms with Crippen molar-refractivity contribution >= 4 is 85.4 Å². The molecule has 5 amide bonds. The first kappa shape index (κ1) is 78.7. The van der Waals surface area contributed by atoms with E-state index in [2.05, 4.69) is 79.7 Å². The maximum Gasteiger partial charge on any atom is 0.426 e. The van der Waals surface area contributed by atoms with Crippen LogP contribution in [0.3, 0.4) is 0 Å². The number of carbonyl (C=O) groups excluding carboxylic acids is 7. The minimum atomic E-state index is -2.56. The highest BCUT2D eigenvalue weighted by atomic mass is 33.1. The second kappa shape index (κ2) is 34.5. The molecule has 0 radical (unpaired) electrons. The quantitative estimate of drug-likeness (QED) is 0.0172. The van der Waals surface area contributed by atoms with Crippen LogP contribution < -0.4 is 42.2 Å². The molecule has 1 aromatic heterocycles. The number of amides is 5. The number of nitrogens with two attached hydrogens (primary N) is 1. The fourth-order valence-electron chi connectivity index (χ4n) is 16.9. The topological polar surface area (TPSA) is 385 Å². The highest BCUT2D eigenvalue weighted by Crippen LogP contribution is 2.67. The van der Waals surface area contributed by atoms with Gasteiger partial charge < -0.3 is 80.4 Å². The molecule has 1 spiro atoms. The number of para-hydroxylation sites is 1. The number of H-pyrrole nitrogens is 1. The minimum Gasteiger partial charge on any atom is -0.496 e. The molecule has 558 valence electrons. The number of benzene rings is 2. The lowest BCUT2D eigenvalue weighted by Gasteiger charge is -2.63. The number of ketones is 2. The van der Waals surface area contributed by atoms with E-state index in [4.69, 9.17) is 34.2 Å². The number of nitrogens with one attached hydrogen (secondary N) is 6. The van der Waals surface area contributed by atoms with Crippen LogP contribution >= 0.6 is 21.6 Å². The van der Waals surface area contributed by atoms with Gasteiger partial charge in [-0.25, -0.2) is 10.2 Å². The summed E-state index contributed by atoms with van der Waals surface area (Å²) in [5, 5.41) is 57.7. The number of likely N-dealkylation sites (N-methyl/N-ethyl adjacent to an activating group) is 1. The van der Waals surface area contributed by atoms with E-state index in [0.717, 1.165) is 74.5 Å². The summed E-state index contributed by atoms with van der Waals surface area (Å²) in [5.41, 5.74) is 10.1. The fourth-order valence-corrected chi connectivity index (χ4v) is 19.0. The molecular formula is C71H104N10O18S2. The van der Waals surface area contributed by atoms with Gasteiger partial charge in [-0.15, -0.1) is 0 Å². The number of anilines is 1. The van der Waals surface area contributed by atoms with Crippen LogP contribution in [-0.2, 0) is 74.5 Å². The van der Waals surface area contributed by atoms with Gasteiger partial charge >= 0.3 is 12.1 Å². The van der Waals surface area contributed by atoms with Gasteiger partial charge in [-0.2, -0.15) is 0 Å². The molecule has 2 saturated heterocycles. The van der Waals surface area contributed by atoms with Gasteiger partial charge in [-0.05, 0) is 81.2 Å². The largest absolute Gasteiger partial charge is 0.496 e. The number of hydrogen-bond acceptors (Lipinski definition) is 23. The van der Waals surface area contributed by atoms with E-state index in [9.17, 15) is 54.0 Å². The maximum atomic E-state index is 15.2. The van der Waals surface area contributed by atoms with Gasteiger partial charge in [0, 0.05) is 153 Å². The zero-order valence-corrected chi connectivity index (χ0v) is 61.0. The van der Waals surface area contributed by atoms with Gasteiger partial charge in [-0.3, -0.25) is 48.8 Å². The number of nitrogens with zero attached hydrogens (tertiary/aromatic N) is 3. The third-order valence-electron chi connectivity index (χ3n) is 21.7. The molecule has 5 aliphatic heterocycles. The summed E-state index contributed by atoms with van der Waals surface area (Å²) in [7, 11) is 7.27. The van der Waals surface area contributed by atoms with Crippen LogP contribution in [0.1, 0.15) is 108 Å². The number of rotatable bonds is 36. The second-order valence-corrected chi connectivity index (χ2v) is 30.7. The Bertz CT molecular complexity index is 3490. The van der Waals surface area contributed by atoms with Crippen molar-refractivity contribution in [3.8, 4) is 5.75 Å². The highest BCUT2D eigenvalue weighted by molar-refractivity contribution is 8.76. The predicted octanol–water partition coefficient (Wildman–Crippen LogP) is 2.64. The van der Waals surface area contributed by atoms with E-state index < -0.39 is 124 Å². The van der Waals surface area contributed by atoms with Crippen molar-refractivity contribution in [2.24, 2.45) is 28.9 Å². The van der Waals surface area contributed by atoms with Gasteiger partial charge in [-0.1, -0.05) is 72.7 Å². The molecule has 2 aromatic carbocycles. The molecule has 1 saturated carbocycles. The number of ether oxygens (including phenoxy) is 6. The number of aromatic amines is 1. The molecule has 12 N–H and O–H groups in total. The Kier molecular flexibility index (Phi) is 26.8. The van der Waals surface area contributed by atoms with Crippen molar-refractivity contribution in [1.29, 1.82) is 0 Å². The Morgan fingerprint density at radius 3 is 2.24 bits per heavy atom. The number of piperidine rings is 1. The third-order valence-corrected chi connectivity index (χ3v) is 24.1. The van der Waals surface area contributed by atoms with Crippen LogP contribution in [0, 0.1) is 23.2 Å². The SMILES string of the molecule is CC[C@]1(O)CC2CN(CCc3c([nH]c4ccccc34)[C@@](C)(c3cc4c(cc3OC)N(C)[C@H]3[C@@](O)(C(=O)NNC(=O)OCCSSCC(CC(=O)[C@H](CNC(=O)CCOCCOCCOCCOC)NC(=O)[C@H](C)CC(=O)[C@H](CN)NC(C)=O)C(=O)O)[C@H](O)[C@]5(CC)C=CCN6CC[C@]43[C@@H]65)C2)C1. The van der Waals surface area contributed by atoms with E-state index in [-0.39, 0.29) is 69.3 Å². The Balaban J connectivity index is 0.846. The summed E-state index contributed by atoms with van der Waals surface area (Å²) in [4.78, 5) is 117. The normalized spacial score (nSPS) is 27.6. The van der Waals surface area contributed by atoms with Crippen molar-refractivity contribution in [2.45, 2.75) is 145 Å². The Morgan fingerprint density at radius 2 is 1.55 bits per heavy atom. The summed E-state index contributed by atoms with van der Waals surface area (Å²) in [6, 6.07) is 8.73. The number of aliphatic hydroxyl groups is 3. The van der Waals surface area contributed by atoms with Crippen LogP contribution in [0.25, 0.3) is 10.9 Å². The Hall–Kier alpha value is -6.42. The molecule has 6 heterocycles. The van der Waals surface area contributed by atoms with Crippen molar-refractivity contribution < 1.29 is 87.2 Å². The minimum absolute atomic E-state index is 0.00550. The average molecular weight is 1450 g/mol. The maximum absolute atomic E-state index is 15.2. The van der Waals surface area contributed by atoms with Gasteiger partial charge in [0.05, 0.1) is 77.0 Å².